The lowest BCUT2D eigenvalue weighted by molar-refractivity contribution is -0.150. The molecule has 1 heterocycles. The summed E-state index contributed by atoms with van der Waals surface area (Å²) in [6.07, 6.45) is 6.62. The Morgan fingerprint density at radius 1 is 1.21 bits per heavy atom. The number of aromatic nitrogens is 1. The highest BCUT2D eigenvalue weighted by molar-refractivity contribution is 7.14. The second kappa shape index (κ2) is 8.54. The Kier molecular flexibility index (Phi) is 5.99. The number of carbonyl (C=O) groups is 2. The molecule has 0 saturated heterocycles. The van der Waals surface area contributed by atoms with E-state index in [2.05, 4.69) is 12.2 Å². The molecule has 33 heavy (non-hydrogen) atoms. The number of carbonyl (C=O) groups excluding carboxylic acids is 2. The molecule has 0 aliphatic heterocycles. The number of rotatable bonds is 6. The Hall–Kier alpha value is -1.63. The third-order valence-corrected chi connectivity index (χ3v) is 8.99. The molecule has 1 aromatic carbocycles. The van der Waals surface area contributed by atoms with Crippen LogP contribution in [-0.2, 0) is 9.59 Å². The van der Waals surface area contributed by atoms with Gasteiger partial charge in [0.2, 0.25) is 11.8 Å². The van der Waals surface area contributed by atoms with Crippen LogP contribution < -0.4 is 10.2 Å². The van der Waals surface area contributed by atoms with Gasteiger partial charge in [0.15, 0.2) is 5.13 Å². The fraction of sp³-hybridized carbons (Fsp3) is 0.560. The average Bonchev–Trinajstić information content (AvgIpc) is 3.19. The Morgan fingerprint density at radius 2 is 1.94 bits per heavy atom. The Bertz CT molecular complexity index is 1090. The van der Waals surface area contributed by atoms with Gasteiger partial charge < -0.3 is 5.32 Å². The smallest absolute Gasteiger partial charge is 0.235 e. The van der Waals surface area contributed by atoms with Crippen molar-refractivity contribution < 1.29 is 9.59 Å². The number of hydrogen-bond acceptors (Lipinski definition) is 4. The highest BCUT2D eigenvalue weighted by atomic mass is 35.5. The van der Waals surface area contributed by atoms with Crippen LogP contribution in [0.1, 0.15) is 58.8 Å². The maximum absolute atomic E-state index is 14.2. The summed E-state index contributed by atoms with van der Waals surface area (Å²) < 4.78 is 0. The molecule has 6 rings (SSSR count). The average molecular weight is 506 g/mol. The van der Waals surface area contributed by atoms with Crippen molar-refractivity contribution in [3.8, 4) is 11.3 Å². The third kappa shape index (κ3) is 4.19. The lowest BCUT2D eigenvalue weighted by Crippen LogP contribution is -2.66. The second-order valence-corrected chi connectivity index (χ2v) is 12.0. The van der Waals surface area contributed by atoms with E-state index in [0.717, 1.165) is 49.8 Å². The minimum absolute atomic E-state index is 0.00868. The van der Waals surface area contributed by atoms with Gasteiger partial charge >= 0.3 is 0 Å². The first-order valence-electron chi connectivity index (χ1n) is 11.7. The van der Waals surface area contributed by atoms with E-state index in [1.165, 1.54) is 17.8 Å². The van der Waals surface area contributed by atoms with Gasteiger partial charge in [0.05, 0.1) is 16.1 Å². The zero-order valence-electron chi connectivity index (χ0n) is 19.0. The van der Waals surface area contributed by atoms with Crippen LogP contribution in [0.3, 0.4) is 0 Å². The molecule has 8 heteroatoms. The minimum Gasteiger partial charge on any atom is -0.351 e. The molecule has 1 N–H and O–H groups in total. The molecule has 176 valence electrons. The quantitative estimate of drug-likeness (QED) is 0.498. The minimum atomic E-state index is -0.411. The normalized spacial score (nSPS) is 29.8. The molecule has 4 aliphatic carbocycles. The Morgan fingerprint density at radius 3 is 2.58 bits per heavy atom. The summed E-state index contributed by atoms with van der Waals surface area (Å²) in [7, 11) is 0. The van der Waals surface area contributed by atoms with E-state index in [1.54, 1.807) is 19.1 Å². The first-order chi connectivity index (χ1) is 15.7. The number of hydrogen-bond donors (Lipinski definition) is 1. The van der Waals surface area contributed by atoms with E-state index < -0.39 is 5.41 Å². The first-order valence-corrected chi connectivity index (χ1v) is 13.4. The Balaban J connectivity index is 1.46. The first kappa shape index (κ1) is 23.1. The fourth-order valence-electron chi connectivity index (χ4n) is 7.04. The third-order valence-electron chi connectivity index (χ3n) is 7.58. The van der Waals surface area contributed by atoms with Crippen molar-refractivity contribution in [2.24, 2.45) is 17.3 Å². The zero-order valence-corrected chi connectivity index (χ0v) is 21.3. The SMILES string of the molecule is CCCN(C(=O)C12CC3CC(CC(NC(C)=O)(C3)C1)C2)c1nc(-c2ccc(Cl)cc2Cl)cs1. The van der Waals surface area contributed by atoms with Gasteiger partial charge in [-0.1, -0.05) is 30.1 Å². The molecule has 2 unspecified atom stereocenters. The molecule has 2 amide bonds. The standard InChI is InChI=1S/C25H29Cl2N3O2S/c1-3-6-30(23-28-21(13-33-23)19-5-4-18(26)8-20(19)27)22(32)24-9-16-7-17(10-24)12-25(11-16,14-24)29-15(2)31/h4-5,8,13,16-17H,3,6-7,9-12,14H2,1-2H3,(H,29,31). The number of halogens is 2. The van der Waals surface area contributed by atoms with Crippen molar-refractivity contribution in [1.82, 2.24) is 10.3 Å². The summed E-state index contributed by atoms with van der Waals surface area (Å²) in [5, 5.41) is 7.07. The van der Waals surface area contributed by atoms with Gasteiger partial charge in [0.1, 0.15) is 0 Å². The van der Waals surface area contributed by atoms with Crippen molar-refractivity contribution in [2.75, 3.05) is 11.4 Å². The molecule has 5 nitrogen and oxygen atoms in total. The molecule has 1 aromatic heterocycles. The molecule has 2 aromatic rings. The predicted molar refractivity (Wildman–Crippen MR) is 134 cm³/mol. The lowest BCUT2D eigenvalue weighted by atomic mass is 9.46. The number of nitrogens with one attached hydrogen (secondary N) is 1. The van der Waals surface area contributed by atoms with E-state index >= 15 is 0 Å². The number of benzene rings is 1. The van der Waals surface area contributed by atoms with Gasteiger partial charge in [-0.15, -0.1) is 11.3 Å². The van der Waals surface area contributed by atoms with Crippen LogP contribution in [0.25, 0.3) is 11.3 Å². The van der Waals surface area contributed by atoms with Crippen molar-refractivity contribution in [1.29, 1.82) is 0 Å². The summed E-state index contributed by atoms with van der Waals surface area (Å²) in [5.41, 5.74) is 0.928. The Labute approximate surface area is 208 Å². The van der Waals surface area contributed by atoms with Gasteiger partial charge in [-0.3, -0.25) is 14.5 Å². The van der Waals surface area contributed by atoms with Crippen LogP contribution >= 0.6 is 34.5 Å². The molecule has 4 aliphatic rings. The van der Waals surface area contributed by atoms with Crippen molar-refractivity contribution in [3.63, 3.8) is 0 Å². The number of anilines is 1. The summed E-state index contributed by atoms with van der Waals surface area (Å²) >= 11 is 13.9. The summed E-state index contributed by atoms with van der Waals surface area (Å²) in [6.45, 7) is 4.31. The topological polar surface area (TPSA) is 62.3 Å². The van der Waals surface area contributed by atoms with Crippen LogP contribution in [0, 0.1) is 17.3 Å². The molecule has 4 fully saturated rings. The fourth-order valence-corrected chi connectivity index (χ4v) is 8.39. The summed E-state index contributed by atoms with van der Waals surface area (Å²) in [6, 6.07) is 5.38. The zero-order chi connectivity index (χ0) is 23.4. The molecule has 4 saturated carbocycles. The van der Waals surface area contributed by atoms with Crippen LogP contribution in [0.2, 0.25) is 10.0 Å². The van der Waals surface area contributed by atoms with E-state index in [0.29, 0.717) is 33.6 Å². The van der Waals surface area contributed by atoms with E-state index in [-0.39, 0.29) is 17.4 Å². The highest BCUT2D eigenvalue weighted by Crippen LogP contribution is 2.62. The van der Waals surface area contributed by atoms with E-state index in [9.17, 15) is 9.59 Å². The molecule has 0 radical (unpaired) electrons. The van der Waals surface area contributed by atoms with Gasteiger partial charge in [-0.25, -0.2) is 4.98 Å². The molecule has 2 atom stereocenters. The van der Waals surface area contributed by atoms with Gasteiger partial charge in [0.25, 0.3) is 0 Å². The molecule has 0 spiro atoms. The predicted octanol–water partition coefficient (Wildman–Crippen LogP) is 6.34. The molecule has 4 bridgehead atoms. The maximum atomic E-state index is 14.2. The van der Waals surface area contributed by atoms with Crippen LogP contribution in [0.5, 0.6) is 0 Å². The van der Waals surface area contributed by atoms with Crippen LogP contribution in [0.4, 0.5) is 5.13 Å². The van der Waals surface area contributed by atoms with Crippen molar-refractivity contribution in [2.45, 2.75) is 64.3 Å². The van der Waals surface area contributed by atoms with Crippen LogP contribution in [-0.4, -0.2) is 28.9 Å². The highest BCUT2D eigenvalue weighted by Gasteiger charge is 2.61. The number of amides is 2. The van der Waals surface area contributed by atoms with Crippen molar-refractivity contribution in [3.05, 3.63) is 33.6 Å². The van der Waals surface area contributed by atoms with Gasteiger partial charge in [-0.2, -0.15) is 0 Å². The van der Waals surface area contributed by atoms with E-state index in [1.807, 2.05) is 16.3 Å². The summed E-state index contributed by atoms with van der Waals surface area (Å²) in [4.78, 5) is 32.9. The number of thiazole rings is 1. The largest absolute Gasteiger partial charge is 0.351 e. The van der Waals surface area contributed by atoms with Crippen LogP contribution in [0.15, 0.2) is 23.6 Å². The second-order valence-electron chi connectivity index (χ2n) is 10.3. The molecular weight excluding hydrogens is 477 g/mol. The summed E-state index contributed by atoms with van der Waals surface area (Å²) in [5.74, 6) is 1.20. The van der Waals surface area contributed by atoms with Gasteiger partial charge in [0, 0.05) is 35.0 Å². The van der Waals surface area contributed by atoms with Crippen molar-refractivity contribution >= 4 is 51.5 Å². The monoisotopic (exact) mass is 505 g/mol. The molecular formula is C25H29Cl2N3O2S. The maximum Gasteiger partial charge on any atom is 0.235 e. The number of nitrogens with zero attached hydrogens (tertiary/aromatic N) is 2. The van der Waals surface area contributed by atoms with E-state index in [4.69, 9.17) is 28.2 Å². The lowest BCUT2D eigenvalue weighted by Gasteiger charge is -2.61. The van der Waals surface area contributed by atoms with Gasteiger partial charge in [-0.05, 0) is 75.0 Å².